The molecular weight excluding hydrogens is 407 g/mol. The highest BCUT2D eigenvalue weighted by Crippen LogP contribution is 2.41. The molecule has 0 radical (unpaired) electrons. The van der Waals surface area contributed by atoms with Crippen LogP contribution in [0.3, 0.4) is 0 Å². The first kappa shape index (κ1) is 19.5. The van der Waals surface area contributed by atoms with Gasteiger partial charge in [-0.2, -0.15) is 0 Å². The third kappa shape index (κ3) is 3.47. The summed E-state index contributed by atoms with van der Waals surface area (Å²) in [6.45, 7) is 0. The minimum Gasteiger partial charge on any atom is -0.506 e. The summed E-state index contributed by atoms with van der Waals surface area (Å²) in [5.74, 6) is -2.96. The summed E-state index contributed by atoms with van der Waals surface area (Å²) in [5, 5.41) is 38.6. The lowest BCUT2D eigenvalue weighted by Gasteiger charge is -2.17. The molecule has 0 aromatic heterocycles. The molecule has 4 N–H and O–H groups in total. The number of carbonyl (C=O) groups is 2. The topological polar surface area (TPSA) is 115 Å². The van der Waals surface area contributed by atoms with Crippen molar-refractivity contribution in [3.63, 3.8) is 0 Å². The fraction of sp³-hybridized carbons (Fsp3) is 0. The monoisotopic (exact) mass is 418 g/mol. The minimum absolute atomic E-state index is 0.0238. The fourth-order valence-electron chi connectivity index (χ4n) is 2.88. The van der Waals surface area contributed by atoms with E-state index in [1.54, 1.807) is 0 Å². The number of phenolic OH excluding ortho intramolecular Hbond substituents is 2. The summed E-state index contributed by atoms with van der Waals surface area (Å²) in [7, 11) is 0. The molecule has 0 aliphatic rings. The number of carboxylic acid groups (broad SMARTS) is 2. The summed E-state index contributed by atoms with van der Waals surface area (Å²) in [5.41, 5.74) is 0.453. The van der Waals surface area contributed by atoms with Gasteiger partial charge in [0, 0.05) is 11.1 Å². The average molecular weight is 419 g/mol. The van der Waals surface area contributed by atoms with Crippen LogP contribution in [0.15, 0.2) is 48.5 Å². The second-order valence-electron chi connectivity index (χ2n) is 5.85. The van der Waals surface area contributed by atoms with Gasteiger partial charge in [-0.3, -0.25) is 0 Å². The van der Waals surface area contributed by atoms with Crippen molar-refractivity contribution in [1.29, 1.82) is 0 Å². The molecule has 6 nitrogen and oxygen atoms in total. The summed E-state index contributed by atoms with van der Waals surface area (Å²) in [4.78, 5) is 23.7. The predicted octanol–water partition coefficient (Wildman–Crippen LogP) is 5.14. The van der Waals surface area contributed by atoms with Gasteiger partial charge in [-0.05, 0) is 47.5 Å². The lowest BCUT2D eigenvalue weighted by Crippen LogP contribution is -2.07. The van der Waals surface area contributed by atoms with Gasteiger partial charge in [-0.1, -0.05) is 35.3 Å². The highest BCUT2D eigenvalue weighted by atomic mass is 35.5. The molecular formula is C20H12Cl2O6. The first-order valence-electron chi connectivity index (χ1n) is 7.82. The van der Waals surface area contributed by atoms with Gasteiger partial charge in [0.1, 0.15) is 11.5 Å². The number of aromatic carboxylic acids is 2. The molecule has 0 fully saturated rings. The summed E-state index contributed by atoms with van der Waals surface area (Å²) in [6.07, 6.45) is 0. The third-order valence-corrected chi connectivity index (χ3v) is 4.74. The zero-order chi connectivity index (χ0) is 20.6. The zero-order valence-electron chi connectivity index (χ0n) is 14.0. The lowest BCUT2D eigenvalue weighted by atomic mass is 9.87. The molecule has 0 aliphatic heterocycles. The Hall–Kier alpha value is -3.22. The second-order valence-corrected chi connectivity index (χ2v) is 6.67. The fourth-order valence-corrected chi connectivity index (χ4v) is 3.24. The Morgan fingerprint density at radius 3 is 1.29 bits per heavy atom. The number of hydrogen-bond donors (Lipinski definition) is 4. The SMILES string of the molecule is O=C(O)c1ccc(C(=O)O)c(-c2ccc(O)c(Cl)c2)c1-c1ccc(O)c(Cl)c1. The van der Waals surface area contributed by atoms with Gasteiger partial charge < -0.3 is 20.4 Å². The van der Waals surface area contributed by atoms with Crippen LogP contribution in [0, 0.1) is 0 Å². The van der Waals surface area contributed by atoms with Crippen molar-refractivity contribution in [2.75, 3.05) is 0 Å². The molecule has 0 spiro atoms. The molecule has 0 amide bonds. The van der Waals surface area contributed by atoms with Gasteiger partial charge in [0.05, 0.1) is 21.2 Å². The van der Waals surface area contributed by atoms with E-state index in [1.165, 1.54) is 48.5 Å². The van der Waals surface area contributed by atoms with Gasteiger partial charge >= 0.3 is 11.9 Å². The Labute approximate surface area is 168 Å². The number of phenols is 2. The Bertz CT molecular complexity index is 1040. The summed E-state index contributed by atoms with van der Waals surface area (Å²) < 4.78 is 0. The van der Waals surface area contributed by atoms with Crippen LogP contribution in [0.25, 0.3) is 22.3 Å². The van der Waals surface area contributed by atoms with Crippen LogP contribution in [0.2, 0.25) is 10.0 Å². The van der Waals surface area contributed by atoms with E-state index in [-0.39, 0.29) is 43.8 Å². The number of halogens is 2. The highest BCUT2D eigenvalue weighted by Gasteiger charge is 2.24. The highest BCUT2D eigenvalue weighted by molar-refractivity contribution is 6.33. The Morgan fingerprint density at radius 2 is 1.00 bits per heavy atom. The third-order valence-electron chi connectivity index (χ3n) is 4.14. The maximum absolute atomic E-state index is 11.8. The van der Waals surface area contributed by atoms with Gasteiger partial charge in [0.25, 0.3) is 0 Å². The van der Waals surface area contributed by atoms with E-state index < -0.39 is 11.9 Å². The van der Waals surface area contributed by atoms with E-state index in [1.807, 2.05) is 0 Å². The molecule has 0 unspecified atom stereocenters. The van der Waals surface area contributed by atoms with Gasteiger partial charge in [0.2, 0.25) is 0 Å². The zero-order valence-corrected chi connectivity index (χ0v) is 15.5. The Morgan fingerprint density at radius 1 is 0.643 bits per heavy atom. The number of aromatic hydroxyl groups is 2. The average Bonchev–Trinajstić information content (AvgIpc) is 2.65. The van der Waals surface area contributed by atoms with Crippen LogP contribution < -0.4 is 0 Å². The summed E-state index contributed by atoms with van der Waals surface area (Å²) >= 11 is 11.9. The van der Waals surface area contributed by atoms with Crippen LogP contribution >= 0.6 is 23.2 Å². The number of benzene rings is 3. The van der Waals surface area contributed by atoms with Crippen molar-refractivity contribution in [3.8, 4) is 33.8 Å². The molecule has 3 aromatic rings. The first-order valence-corrected chi connectivity index (χ1v) is 8.57. The largest absolute Gasteiger partial charge is 0.506 e. The van der Waals surface area contributed by atoms with Crippen LogP contribution in [-0.4, -0.2) is 32.4 Å². The number of rotatable bonds is 4. The molecule has 142 valence electrons. The molecule has 3 aromatic carbocycles. The molecule has 0 heterocycles. The van der Waals surface area contributed by atoms with Crippen LogP contribution in [0.5, 0.6) is 11.5 Å². The number of carboxylic acids is 2. The van der Waals surface area contributed by atoms with Crippen molar-refractivity contribution in [3.05, 3.63) is 69.7 Å². The smallest absolute Gasteiger partial charge is 0.336 e. The number of hydrogen-bond acceptors (Lipinski definition) is 4. The van der Waals surface area contributed by atoms with Crippen LogP contribution in [0.4, 0.5) is 0 Å². The van der Waals surface area contributed by atoms with Gasteiger partial charge in [0.15, 0.2) is 0 Å². The van der Waals surface area contributed by atoms with E-state index in [0.717, 1.165) is 0 Å². The van der Waals surface area contributed by atoms with Gasteiger partial charge in [-0.25, -0.2) is 9.59 Å². The Balaban J connectivity index is 2.47. The van der Waals surface area contributed by atoms with E-state index in [4.69, 9.17) is 23.2 Å². The molecule has 3 rings (SSSR count). The van der Waals surface area contributed by atoms with E-state index in [2.05, 4.69) is 0 Å². The van der Waals surface area contributed by atoms with Crippen molar-refractivity contribution >= 4 is 35.1 Å². The molecule has 0 atom stereocenters. The van der Waals surface area contributed by atoms with E-state index >= 15 is 0 Å². The van der Waals surface area contributed by atoms with Crippen molar-refractivity contribution in [2.45, 2.75) is 0 Å². The van der Waals surface area contributed by atoms with Gasteiger partial charge in [-0.15, -0.1) is 0 Å². The molecule has 0 aliphatic carbocycles. The van der Waals surface area contributed by atoms with Crippen LogP contribution in [-0.2, 0) is 0 Å². The van der Waals surface area contributed by atoms with E-state index in [9.17, 15) is 30.0 Å². The molecule has 0 saturated heterocycles. The maximum atomic E-state index is 11.8. The first-order chi connectivity index (χ1) is 13.2. The Kier molecular flexibility index (Phi) is 5.18. The molecule has 0 bridgehead atoms. The second kappa shape index (κ2) is 7.42. The quantitative estimate of drug-likeness (QED) is 0.466. The van der Waals surface area contributed by atoms with Crippen molar-refractivity contribution < 1.29 is 30.0 Å². The van der Waals surface area contributed by atoms with E-state index in [0.29, 0.717) is 11.1 Å². The van der Waals surface area contributed by atoms with Crippen LogP contribution in [0.1, 0.15) is 20.7 Å². The maximum Gasteiger partial charge on any atom is 0.336 e. The van der Waals surface area contributed by atoms with Crippen molar-refractivity contribution in [1.82, 2.24) is 0 Å². The minimum atomic E-state index is -1.28. The normalized spacial score (nSPS) is 10.6. The molecule has 8 heteroatoms. The molecule has 0 saturated carbocycles. The summed E-state index contributed by atoms with van der Waals surface area (Å²) in [6, 6.07) is 10.5. The predicted molar refractivity (Wildman–Crippen MR) is 105 cm³/mol. The molecule has 28 heavy (non-hydrogen) atoms. The lowest BCUT2D eigenvalue weighted by molar-refractivity contribution is 0.0682. The van der Waals surface area contributed by atoms with Crippen molar-refractivity contribution in [2.24, 2.45) is 0 Å². The standard InChI is InChI=1S/C20H12Cl2O6/c21-13-7-9(1-5-15(13)23)17-11(19(25)26)3-4-12(20(27)28)18(17)10-2-6-16(24)14(22)8-10/h1-8,23-24H,(H,25,26)(H,27,28).